The summed E-state index contributed by atoms with van der Waals surface area (Å²) < 4.78 is 18.5. The van der Waals surface area contributed by atoms with E-state index in [-0.39, 0.29) is 29.3 Å². The Morgan fingerprint density at radius 3 is 2.75 bits per heavy atom. The van der Waals surface area contributed by atoms with Crippen molar-refractivity contribution in [3.8, 4) is 0 Å². The fourth-order valence-corrected chi connectivity index (χ4v) is 4.15. The molecule has 11 heteroatoms. The smallest absolute Gasteiger partial charge is 0.280 e. The van der Waals surface area contributed by atoms with E-state index in [1.807, 2.05) is 17.5 Å². The number of benzene rings is 1. The number of hydrogen-bond donors (Lipinski definition) is 2. The maximum Gasteiger partial charge on any atom is 0.280 e. The average molecular weight is 475 g/mol. The summed E-state index contributed by atoms with van der Waals surface area (Å²) in [7, 11) is 0. The molecule has 0 aliphatic carbocycles. The van der Waals surface area contributed by atoms with Gasteiger partial charge in [-0.2, -0.15) is 4.39 Å². The van der Waals surface area contributed by atoms with Crippen LogP contribution in [0.5, 0.6) is 0 Å². The first-order valence-corrected chi connectivity index (χ1v) is 11.4. The summed E-state index contributed by atoms with van der Waals surface area (Å²) in [6.45, 7) is 0.964. The maximum absolute atomic E-state index is 13.2. The van der Waals surface area contributed by atoms with Gasteiger partial charge in [-0.25, -0.2) is 4.98 Å². The van der Waals surface area contributed by atoms with E-state index in [1.165, 1.54) is 11.3 Å². The van der Waals surface area contributed by atoms with E-state index in [0.29, 0.717) is 42.2 Å². The summed E-state index contributed by atoms with van der Waals surface area (Å²) in [6, 6.07) is 10.4. The molecule has 1 fully saturated rings. The molecule has 1 aliphatic rings. The number of amides is 2. The van der Waals surface area contributed by atoms with Gasteiger partial charge in [0.15, 0.2) is 22.1 Å². The molecule has 0 bridgehead atoms. The van der Waals surface area contributed by atoms with Crippen LogP contribution in [0, 0.1) is 5.13 Å². The lowest BCUT2D eigenvalue weighted by atomic mass is 10.1. The predicted octanol–water partition coefficient (Wildman–Crippen LogP) is 3.67. The quantitative estimate of drug-likeness (QED) is 0.383. The number of carbonyl (C=O) groups is 2. The molecule has 0 saturated carbocycles. The molecule has 0 radical (unpaired) electrons. The SMILES string of the molecule is O=C(Cc1cccs1)Nc1ccc(C(=NO[C@@H]2CCOC2)C(=O)Nc2ncc(F)s2)cc1. The number of nitrogens with one attached hydrogen (secondary N) is 2. The van der Waals surface area contributed by atoms with E-state index in [2.05, 4.69) is 20.8 Å². The number of nitrogens with zero attached hydrogens (tertiary/aromatic N) is 2. The number of carbonyl (C=O) groups excluding carboxylic acids is 2. The highest BCUT2D eigenvalue weighted by molar-refractivity contribution is 7.14. The highest BCUT2D eigenvalue weighted by atomic mass is 32.1. The zero-order valence-electron chi connectivity index (χ0n) is 16.7. The molecule has 2 aromatic heterocycles. The van der Waals surface area contributed by atoms with Gasteiger partial charge < -0.3 is 14.9 Å². The Hall–Kier alpha value is -3.15. The Bertz CT molecular complexity index is 1090. The number of ether oxygens (including phenoxy) is 1. The van der Waals surface area contributed by atoms with E-state index < -0.39 is 11.0 Å². The van der Waals surface area contributed by atoms with Crippen molar-refractivity contribution in [3.63, 3.8) is 0 Å². The van der Waals surface area contributed by atoms with Crippen LogP contribution in [0.25, 0.3) is 0 Å². The number of rotatable bonds is 8. The zero-order valence-corrected chi connectivity index (χ0v) is 18.4. The number of hydrogen-bond acceptors (Lipinski definition) is 8. The van der Waals surface area contributed by atoms with Crippen molar-refractivity contribution in [2.75, 3.05) is 23.8 Å². The Labute approximate surface area is 191 Å². The molecule has 3 aromatic rings. The van der Waals surface area contributed by atoms with Crippen LogP contribution in [0.15, 0.2) is 53.1 Å². The third-order valence-corrected chi connectivity index (χ3v) is 6.03. The van der Waals surface area contributed by atoms with Gasteiger partial charge in [0.25, 0.3) is 5.91 Å². The Balaban J connectivity index is 1.47. The van der Waals surface area contributed by atoms with Gasteiger partial charge in [-0.3, -0.25) is 14.9 Å². The third kappa shape index (κ3) is 5.96. The van der Waals surface area contributed by atoms with Crippen molar-refractivity contribution in [2.45, 2.75) is 18.9 Å². The molecule has 1 aliphatic heterocycles. The Morgan fingerprint density at radius 2 is 2.09 bits per heavy atom. The highest BCUT2D eigenvalue weighted by Crippen LogP contribution is 2.18. The first-order valence-electron chi connectivity index (χ1n) is 9.74. The van der Waals surface area contributed by atoms with Crippen molar-refractivity contribution in [1.82, 2.24) is 4.98 Å². The van der Waals surface area contributed by atoms with E-state index in [1.54, 1.807) is 24.3 Å². The molecule has 0 unspecified atom stereocenters. The van der Waals surface area contributed by atoms with Crippen molar-refractivity contribution < 1.29 is 23.6 Å². The normalized spacial score (nSPS) is 16.0. The topological polar surface area (TPSA) is 102 Å². The molecule has 0 spiro atoms. The van der Waals surface area contributed by atoms with E-state index in [4.69, 9.17) is 9.57 Å². The maximum atomic E-state index is 13.2. The largest absolute Gasteiger partial charge is 0.389 e. The number of oxime groups is 1. The standard InChI is InChI=1S/C21H19FN4O4S2/c22-17-11-23-21(32-17)25-20(28)19(26-30-15-7-8-29-12-15)13-3-5-14(6-4-13)24-18(27)10-16-2-1-9-31-16/h1-6,9,11,15H,7-8,10,12H2,(H,24,27)(H,23,25,28)/t15-/m1/s1. The predicted molar refractivity (Wildman–Crippen MR) is 121 cm³/mol. The summed E-state index contributed by atoms with van der Waals surface area (Å²) in [4.78, 5) is 35.2. The summed E-state index contributed by atoms with van der Waals surface area (Å²) in [5.41, 5.74) is 1.06. The lowest BCUT2D eigenvalue weighted by Gasteiger charge is -2.10. The Morgan fingerprint density at radius 1 is 1.25 bits per heavy atom. The van der Waals surface area contributed by atoms with Crippen LogP contribution in [-0.2, 0) is 25.6 Å². The number of aromatic nitrogens is 1. The number of halogens is 1. The fraction of sp³-hybridized carbons (Fsp3) is 0.238. The lowest BCUT2D eigenvalue weighted by Crippen LogP contribution is -2.25. The first-order chi connectivity index (χ1) is 15.6. The van der Waals surface area contributed by atoms with Crippen molar-refractivity contribution in [1.29, 1.82) is 0 Å². The number of thiazole rings is 1. The van der Waals surface area contributed by atoms with Gasteiger partial charge in [-0.1, -0.05) is 34.7 Å². The van der Waals surface area contributed by atoms with Gasteiger partial charge in [-0.15, -0.1) is 11.3 Å². The Kier molecular flexibility index (Phi) is 7.20. The fourth-order valence-electron chi connectivity index (χ4n) is 2.91. The summed E-state index contributed by atoms with van der Waals surface area (Å²) in [6.07, 6.45) is 1.74. The summed E-state index contributed by atoms with van der Waals surface area (Å²) >= 11 is 2.23. The van der Waals surface area contributed by atoms with Crippen LogP contribution in [-0.4, -0.2) is 41.8 Å². The summed E-state index contributed by atoms with van der Waals surface area (Å²) in [5.74, 6) is -0.727. The monoisotopic (exact) mass is 474 g/mol. The second kappa shape index (κ2) is 10.4. The van der Waals surface area contributed by atoms with Gasteiger partial charge in [0, 0.05) is 22.5 Å². The van der Waals surface area contributed by atoms with Gasteiger partial charge >= 0.3 is 0 Å². The van der Waals surface area contributed by atoms with Crippen LogP contribution < -0.4 is 10.6 Å². The second-order valence-corrected chi connectivity index (χ2v) is 8.85. The highest BCUT2D eigenvalue weighted by Gasteiger charge is 2.21. The molecule has 8 nitrogen and oxygen atoms in total. The van der Waals surface area contributed by atoms with E-state index in [9.17, 15) is 14.0 Å². The van der Waals surface area contributed by atoms with Crippen LogP contribution in [0.2, 0.25) is 0 Å². The molecule has 4 rings (SSSR count). The van der Waals surface area contributed by atoms with Crippen LogP contribution >= 0.6 is 22.7 Å². The van der Waals surface area contributed by atoms with Crippen molar-refractivity contribution in [2.24, 2.45) is 5.16 Å². The van der Waals surface area contributed by atoms with Crippen molar-refractivity contribution in [3.05, 3.63) is 63.5 Å². The number of thiophene rings is 1. The second-order valence-electron chi connectivity index (χ2n) is 6.84. The van der Waals surface area contributed by atoms with E-state index >= 15 is 0 Å². The van der Waals surface area contributed by atoms with Crippen LogP contribution in [0.3, 0.4) is 0 Å². The molecule has 2 N–H and O–H groups in total. The molecule has 32 heavy (non-hydrogen) atoms. The third-order valence-electron chi connectivity index (χ3n) is 4.45. The average Bonchev–Trinajstić information content (AvgIpc) is 3.54. The van der Waals surface area contributed by atoms with Gasteiger partial charge in [0.05, 0.1) is 25.8 Å². The van der Waals surface area contributed by atoms with Crippen LogP contribution in [0.1, 0.15) is 16.9 Å². The molecule has 1 atom stereocenters. The molecule has 1 aromatic carbocycles. The minimum Gasteiger partial charge on any atom is -0.389 e. The van der Waals surface area contributed by atoms with Gasteiger partial charge in [0.2, 0.25) is 5.91 Å². The minimum atomic E-state index is -0.590. The molecule has 2 amide bonds. The number of anilines is 2. The van der Waals surface area contributed by atoms with Gasteiger partial charge in [0.1, 0.15) is 0 Å². The minimum absolute atomic E-state index is 0.00368. The van der Waals surface area contributed by atoms with Gasteiger partial charge in [-0.05, 0) is 23.6 Å². The molecule has 166 valence electrons. The molecule has 1 saturated heterocycles. The first kappa shape index (κ1) is 22.1. The summed E-state index contributed by atoms with van der Waals surface area (Å²) in [5, 5.41) is 10.9. The van der Waals surface area contributed by atoms with Crippen LogP contribution in [0.4, 0.5) is 15.2 Å². The zero-order chi connectivity index (χ0) is 22.3. The molecular weight excluding hydrogens is 455 g/mol. The molecular formula is C21H19FN4O4S2. The lowest BCUT2D eigenvalue weighted by molar-refractivity contribution is -0.115. The van der Waals surface area contributed by atoms with Crippen molar-refractivity contribution >= 4 is 51.0 Å². The molecule has 3 heterocycles. The van der Waals surface area contributed by atoms with E-state index in [0.717, 1.165) is 11.1 Å².